The Hall–Kier alpha value is -3.19. The maximum absolute atomic E-state index is 13.6. The third-order valence-corrected chi connectivity index (χ3v) is 3.93. The lowest BCUT2D eigenvalue weighted by molar-refractivity contribution is -0.120. The minimum Gasteiger partial charge on any atom is -0.361 e. The highest BCUT2D eigenvalue weighted by Gasteiger charge is 2.16. The smallest absolute Gasteiger partial charge is 0.259 e. The van der Waals surface area contributed by atoms with Crippen molar-refractivity contribution in [2.45, 2.75) is 0 Å². The SMILES string of the molecule is O=C(CNC(=O)c1c(F)cccc1Cl)N/N=C/c1c[nH]c2ccccc12. The van der Waals surface area contributed by atoms with Gasteiger partial charge in [-0.2, -0.15) is 5.10 Å². The van der Waals surface area contributed by atoms with Crippen LogP contribution >= 0.6 is 11.6 Å². The van der Waals surface area contributed by atoms with Crippen LogP contribution in [-0.2, 0) is 4.79 Å². The molecule has 8 heteroatoms. The number of nitrogens with one attached hydrogen (secondary N) is 3. The molecule has 2 aromatic carbocycles. The molecule has 3 aromatic rings. The molecule has 0 radical (unpaired) electrons. The Balaban J connectivity index is 1.55. The average molecular weight is 373 g/mol. The first kappa shape index (κ1) is 17.6. The number of aromatic amines is 1. The zero-order valence-corrected chi connectivity index (χ0v) is 14.2. The van der Waals surface area contributed by atoms with Crippen molar-refractivity contribution in [2.24, 2.45) is 5.10 Å². The highest BCUT2D eigenvalue weighted by Crippen LogP contribution is 2.18. The van der Waals surface area contributed by atoms with Crippen LogP contribution in [0.15, 0.2) is 53.8 Å². The van der Waals surface area contributed by atoms with Crippen molar-refractivity contribution >= 4 is 40.5 Å². The van der Waals surface area contributed by atoms with Gasteiger partial charge in [0, 0.05) is 22.7 Å². The molecule has 3 N–H and O–H groups in total. The summed E-state index contributed by atoms with van der Waals surface area (Å²) in [5.41, 5.74) is 3.76. The molecule has 1 heterocycles. The van der Waals surface area contributed by atoms with E-state index < -0.39 is 17.6 Å². The number of amides is 2. The number of hydrogen-bond donors (Lipinski definition) is 3. The number of carbonyl (C=O) groups is 2. The maximum atomic E-state index is 13.6. The molecule has 1 aromatic heterocycles. The molecule has 0 aliphatic carbocycles. The van der Waals surface area contributed by atoms with Gasteiger partial charge in [0.05, 0.1) is 23.3 Å². The normalized spacial score (nSPS) is 11.0. The molecule has 0 unspecified atom stereocenters. The number of fused-ring (bicyclic) bond motifs is 1. The monoisotopic (exact) mass is 372 g/mol. The molecule has 0 spiro atoms. The molecule has 0 saturated heterocycles. The van der Waals surface area contributed by atoms with E-state index in [1.165, 1.54) is 18.3 Å². The average Bonchev–Trinajstić information content (AvgIpc) is 3.03. The summed E-state index contributed by atoms with van der Waals surface area (Å²) in [6.45, 7) is -0.366. The van der Waals surface area contributed by atoms with Crippen molar-refractivity contribution in [2.75, 3.05) is 6.54 Å². The minimum atomic E-state index is -0.774. The van der Waals surface area contributed by atoms with E-state index in [1.807, 2.05) is 24.3 Å². The van der Waals surface area contributed by atoms with Crippen LogP contribution in [0.1, 0.15) is 15.9 Å². The number of benzene rings is 2. The largest absolute Gasteiger partial charge is 0.361 e. The summed E-state index contributed by atoms with van der Waals surface area (Å²) in [7, 11) is 0. The van der Waals surface area contributed by atoms with E-state index in [4.69, 9.17) is 11.6 Å². The van der Waals surface area contributed by atoms with Gasteiger partial charge in [-0.05, 0) is 18.2 Å². The number of nitrogens with zero attached hydrogens (tertiary/aromatic N) is 1. The quantitative estimate of drug-likeness (QED) is 0.475. The number of hydrogen-bond acceptors (Lipinski definition) is 3. The first-order valence-corrected chi connectivity index (χ1v) is 8.04. The molecule has 2 amide bonds. The summed E-state index contributed by atoms with van der Waals surface area (Å²) < 4.78 is 13.6. The zero-order valence-electron chi connectivity index (χ0n) is 13.4. The predicted molar refractivity (Wildman–Crippen MR) is 97.8 cm³/mol. The lowest BCUT2D eigenvalue weighted by atomic mass is 10.2. The first-order chi connectivity index (χ1) is 12.6. The summed E-state index contributed by atoms with van der Waals surface area (Å²) >= 11 is 5.80. The summed E-state index contributed by atoms with van der Waals surface area (Å²) in [4.78, 5) is 26.8. The molecule has 3 rings (SSSR count). The topological polar surface area (TPSA) is 86.3 Å². The van der Waals surface area contributed by atoms with Gasteiger partial charge in [0.25, 0.3) is 11.8 Å². The second-order valence-electron chi connectivity index (χ2n) is 5.36. The van der Waals surface area contributed by atoms with E-state index in [1.54, 1.807) is 6.20 Å². The van der Waals surface area contributed by atoms with E-state index in [0.717, 1.165) is 22.5 Å². The Morgan fingerprint density at radius 2 is 2.00 bits per heavy atom. The summed E-state index contributed by atoms with van der Waals surface area (Å²) in [6, 6.07) is 11.6. The van der Waals surface area contributed by atoms with Crippen LogP contribution in [0.3, 0.4) is 0 Å². The van der Waals surface area contributed by atoms with Crippen LogP contribution in [0, 0.1) is 5.82 Å². The second kappa shape index (κ2) is 7.79. The summed E-state index contributed by atoms with van der Waals surface area (Å²) in [5, 5.41) is 7.09. The minimum absolute atomic E-state index is 0.0275. The van der Waals surface area contributed by atoms with Crippen LogP contribution in [0.4, 0.5) is 4.39 Å². The van der Waals surface area contributed by atoms with E-state index in [-0.39, 0.29) is 17.1 Å². The van der Waals surface area contributed by atoms with Crippen molar-refractivity contribution in [3.63, 3.8) is 0 Å². The van der Waals surface area contributed by atoms with Crippen molar-refractivity contribution in [1.29, 1.82) is 0 Å². The fourth-order valence-corrected chi connectivity index (χ4v) is 2.63. The Morgan fingerprint density at radius 1 is 1.19 bits per heavy atom. The van der Waals surface area contributed by atoms with Crippen LogP contribution < -0.4 is 10.7 Å². The van der Waals surface area contributed by atoms with Crippen LogP contribution in [0.2, 0.25) is 5.02 Å². The van der Waals surface area contributed by atoms with Gasteiger partial charge in [-0.15, -0.1) is 0 Å². The van der Waals surface area contributed by atoms with E-state index in [9.17, 15) is 14.0 Å². The van der Waals surface area contributed by atoms with Gasteiger partial charge in [0.1, 0.15) is 5.82 Å². The third-order valence-electron chi connectivity index (χ3n) is 3.61. The molecule has 6 nitrogen and oxygen atoms in total. The standard InChI is InChI=1S/C18H14ClFN4O2/c19-13-5-3-6-14(20)17(13)18(26)22-10-16(25)24-23-9-11-8-21-15-7-2-1-4-12(11)15/h1-9,21H,10H2,(H,22,26)(H,24,25)/b23-9+. The number of hydrazone groups is 1. The third kappa shape index (κ3) is 3.89. The van der Waals surface area contributed by atoms with E-state index in [0.29, 0.717) is 0 Å². The number of rotatable bonds is 5. The fraction of sp³-hybridized carbons (Fsp3) is 0.0556. The second-order valence-corrected chi connectivity index (χ2v) is 5.77. The molecule has 26 heavy (non-hydrogen) atoms. The molecule has 0 bridgehead atoms. The van der Waals surface area contributed by atoms with Crippen LogP contribution in [0.5, 0.6) is 0 Å². The lowest BCUT2D eigenvalue weighted by Crippen LogP contribution is -2.35. The van der Waals surface area contributed by atoms with Gasteiger partial charge in [-0.3, -0.25) is 9.59 Å². The number of carbonyl (C=O) groups excluding carboxylic acids is 2. The molecule has 0 atom stereocenters. The lowest BCUT2D eigenvalue weighted by Gasteiger charge is -2.06. The molecule has 0 aliphatic rings. The Morgan fingerprint density at radius 3 is 2.81 bits per heavy atom. The van der Waals surface area contributed by atoms with Crippen molar-refractivity contribution in [1.82, 2.24) is 15.7 Å². The molecule has 0 aliphatic heterocycles. The van der Waals surface area contributed by atoms with Gasteiger partial charge in [0.15, 0.2) is 0 Å². The van der Waals surface area contributed by atoms with Gasteiger partial charge >= 0.3 is 0 Å². The fourth-order valence-electron chi connectivity index (χ4n) is 2.38. The Kier molecular flexibility index (Phi) is 5.28. The van der Waals surface area contributed by atoms with Crippen LogP contribution in [-0.4, -0.2) is 29.6 Å². The van der Waals surface area contributed by atoms with E-state index in [2.05, 4.69) is 20.8 Å². The number of halogens is 2. The Labute approximate surface area is 153 Å². The van der Waals surface area contributed by atoms with Gasteiger partial charge in [-0.1, -0.05) is 35.9 Å². The predicted octanol–water partition coefficient (Wildman–Crippen LogP) is 2.84. The van der Waals surface area contributed by atoms with E-state index >= 15 is 0 Å². The maximum Gasteiger partial charge on any atom is 0.259 e. The Bertz CT molecular complexity index is 980. The molecular weight excluding hydrogens is 359 g/mol. The van der Waals surface area contributed by atoms with Crippen molar-refractivity contribution < 1.29 is 14.0 Å². The highest BCUT2D eigenvalue weighted by molar-refractivity contribution is 6.33. The van der Waals surface area contributed by atoms with Gasteiger partial charge < -0.3 is 10.3 Å². The summed E-state index contributed by atoms with van der Waals surface area (Å²) in [5.74, 6) is -2.08. The number of para-hydroxylation sites is 1. The van der Waals surface area contributed by atoms with Gasteiger partial charge in [0.2, 0.25) is 0 Å². The molecular formula is C18H14ClFN4O2. The zero-order chi connectivity index (χ0) is 18.5. The van der Waals surface area contributed by atoms with Crippen molar-refractivity contribution in [3.05, 3.63) is 70.6 Å². The first-order valence-electron chi connectivity index (χ1n) is 7.66. The molecule has 0 saturated carbocycles. The summed E-state index contributed by atoms with van der Waals surface area (Å²) in [6.07, 6.45) is 3.26. The van der Waals surface area contributed by atoms with Crippen LogP contribution in [0.25, 0.3) is 10.9 Å². The van der Waals surface area contributed by atoms with Gasteiger partial charge in [-0.25, -0.2) is 9.82 Å². The number of aromatic nitrogens is 1. The highest BCUT2D eigenvalue weighted by atomic mass is 35.5. The van der Waals surface area contributed by atoms with Crippen molar-refractivity contribution in [3.8, 4) is 0 Å². The molecule has 132 valence electrons. The number of H-pyrrole nitrogens is 1. The molecule has 0 fully saturated rings.